The number of likely N-dealkylation sites (tertiary alicyclic amines) is 1. The largest absolute Gasteiger partial charge is 0.460 e. The predicted octanol–water partition coefficient (Wildman–Crippen LogP) is 4.32. The van der Waals surface area contributed by atoms with Crippen molar-refractivity contribution in [2.24, 2.45) is 11.3 Å². The zero-order valence-electron chi connectivity index (χ0n) is 15.8. The fourth-order valence-corrected chi connectivity index (χ4v) is 3.18. The van der Waals surface area contributed by atoms with Crippen molar-refractivity contribution in [1.82, 2.24) is 4.90 Å². The molecule has 0 saturated carbocycles. The van der Waals surface area contributed by atoms with Gasteiger partial charge in [-0.1, -0.05) is 13.3 Å². The van der Waals surface area contributed by atoms with Crippen LogP contribution in [-0.4, -0.2) is 41.6 Å². The van der Waals surface area contributed by atoms with Gasteiger partial charge in [0.25, 0.3) is 0 Å². The molecule has 1 aliphatic rings. The van der Waals surface area contributed by atoms with Crippen LogP contribution in [0.15, 0.2) is 0 Å². The van der Waals surface area contributed by atoms with E-state index in [1.807, 2.05) is 6.92 Å². The Balaban J connectivity index is 2.89. The Hall–Kier alpha value is -1.27. The normalized spacial score (nSPS) is 23.3. The first-order valence-corrected chi connectivity index (χ1v) is 8.92. The van der Waals surface area contributed by atoms with Crippen LogP contribution in [0.4, 0.5) is 13.2 Å². The van der Waals surface area contributed by atoms with E-state index < -0.39 is 42.0 Å². The van der Waals surface area contributed by atoms with Crippen LogP contribution in [0.2, 0.25) is 0 Å². The highest BCUT2D eigenvalue weighted by molar-refractivity contribution is 5.78. The molecule has 1 rings (SSSR count). The molecule has 0 spiro atoms. The predicted molar refractivity (Wildman–Crippen MR) is 88.8 cm³/mol. The molecule has 0 aliphatic carbocycles. The third-order valence-electron chi connectivity index (χ3n) is 4.54. The molecule has 1 heterocycles. The summed E-state index contributed by atoms with van der Waals surface area (Å²) in [5.74, 6) is -1.15. The lowest BCUT2D eigenvalue weighted by atomic mass is 9.87. The van der Waals surface area contributed by atoms with E-state index >= 15 is 0 Å². The molecular weight excluding hydrogens is 335 g/mol. The number of hydrogen-bond donors (Lipinski definition) is 0. The molecule has 1 aliphatic heterocycles. The minimum absolute atomic E-state index is 0.198. The van der Waals surface area contributed by atoms with Crippen molar-refractivity contribution in [3.8, 4) is 0 Å². The number of halogens is 3. The fraction of sp³-hybridized carbons (Fsp3) is 0.889. The summed E-state index contributed by atoms with van der Waals surface area (Å²) in [5, 5.41) is 0. The summed E-state index contributed by atoms with van der Waals surface area (Å²) < 4.78 is 43.4. The number of nitrogens with zero attached hydrogens (tertiary/aromatic N) is 1. The molecule has 0 radical (unpaired) electrons. The first-order valence-electron chi connectivity index (χ1n) is 8.92. The number of hydrogen-bond acceptors (Lipinski definition) is 3. The maximum Gasteiger partial charge on any atom is 0.397 e. The minimum Gasteiger partial charge on any atom is -0.460 e. The average Bonchev–Trinajstić information content (AvgIpc) is 2.44. The SMILES string of the molecule is CCCC1CCC([C@H](C)OC(=O)C(C)(C)C)N(C(=O)CC(F)(F)F)C1. The minimum atomic E-state index is -4.54. The van der Waals surface area contributed by atoms with Gasteiger partial charge in [-0.2, -0.15) is 13.2 Å². The van der Waals surface area contributed by atoms with Crippen molar-refractivity contribution < 1.29 is 27.5 Å². The number of esters is 1. The Morgan fingerprint density at radius 1 is 1.20 bits per heavy atom. The molecule has 7 heteroatoms. The molecular formula is C18H30F3NO3. The Morgan fingerprint density at radius 3 is 2.28 bits per heavy atom. The number of rotatable bonds is 5. The molecule has 0 aromatic heterocycles. The van der Waals surface area contributed by atoms with Gasteiger partial charge in [0, 0.05) is 6.54 Å². The number of carbonyl (C=O) groups excluding carboxylic acids is 2. The molecule has 1 fully saturated rings. The molecule has 3 atom stereocenters. The van der Waals surface area contributed by atoms with E-state index in [1.54, 1.807) is 27.7 Å². The zero-order chi connectivity index (χ0) is 19.4. The summed E-state index contributed by atoms with van der Waals surface area (Å²) in [6.45, 7) is 9.11. The number of amides is 1. The maximum absolute atomic E-state index is 12.7. The molecule has 1 saturated heterocycles. The Kier molecular flexibility index (Phi) is 7.32. The second-order valence-electron chi connectivity index (χ2n) is 8.00. The van der Waals surface area contributed by atoms with Gasteiger partial charge in [-0.3, -0.25) is 9.59 Å². The molecule has 2 unspecified atom stereocenters. The molecule has 0 bridgehead atoms. The van der Waals surface area contributed by atoms with Crippen molar-refractivity contribution in [2.45, 2.75) is 85.0 Å². The van der Waals surface area contributed by atoms with Crippen LogP contribution in [0.25, 0.3) is 0 Å². The molecule has 0 aromatic rings. The smallest absolute Gasteiger partial charge is 0.397 e. The molecule has 4 nitrogen and oxygen atoms in total. The number of alkyl halides is 3. The van der Waals surface area contributed by atoms with Crippen molar-refractivity contribution in [2.75, 3.05) is 6.54 Å². The van der Waals surface area contributed by atoms with Crippen LogP contribution >= 0.6 is 0 Å². The standard InChI is InChI=1S/C18H30F3NO3/c1-6-7-13-8-9-14(12(2)25-16(24)17(3,4)5)22(11-13)15(23)10-18(19,20)21/h12-14H,6-11H2,1-5H3/t12-,13?,14?/m0/s1. The van der Waals surface area contributed by atoms with E-state index in [0.717, 1.165) is 19.3 Å². The van der Waals surface area contributed by atoms with E-state index in [1.165, 1.54) is 4.90 Å². The van der Waals surface area contributed by atoms with Crippen molar-refractivity contribution in [3.05, 3.63) is 0 Å². The highest BCUT2D eigenvalue weighted by Gasteiger charge is 2.41. The van der Waals surface area contributed by atoms with Gasteiger partial charge < -0.3 is 9.64 Å². The van der Waals surface area contributed by atoms with E-state index in [9.17, 15) is 22.8 Å². The molecule has 25 heavy (non-hydrogen) atoms. The second kappa shape index (κ2) is 8.41. The van der Waals surface area contributed by atoms with Crippen LogP contribution in [0.5, 0.6) is 0 Å². The van der Waals surface area contributed by atoms with Crippen LogP contribution in [0.3, 0.4) is 0 Å². The van der Waals surface area contributed by atoms with Crippen LogP contribution in [-0.2, 0) is 14.3 Å². The van der Waals surface area contributed by atoms with Gasteiger partial charge in [0.05, 0.1) is 11.5 Å². The fourth-order valence-electron chi connectivity index (χ4n) is 3.18. The second-order valence-corrected chi connectivity index (χ2v) is 8.00. The van der Waals surface area contributed by atoms with E-state index in [4.69, 9.17) is 4.74 Å². The third-order valence-corrected chi connectivity index (χ3v) is 4.54. The van der Waals surface area contributed by atoms with Gasteiger partial charge in [0.2, 0.25) is 5.91 Å². The van der Waals surface area contributed by atoms with Crippen molar-refractivity contribution in [3.63, 3.8) is 0 Å². The van der Waals surface area contributed by atoms with Crippen LogP contribution in [0.1, 0.15) is 66.7 Å². The van der Waals surface area contributed by atoms with Crippen molar-refractivity contribution >= 4 is 11.9 Å². The summed E-state index contributed by atoms with van der Waals surface area (Å²) in [7, 11) is 0. The summed E-state index contributed by atoms with van der Waals surface area (Å²) in [4.78, 5) is 25.6. The molecule has 1 amide bonds. The lowest BCUT2D eigenvalue weighted by molar-refractivity contribution is -0.173. The third kappa shape index (κ3) is 6.86. The first kappa shape index (κ1) is 21.8. The van der Waals surface area contributed by atoms with Gasteiger partial charge >= 0.3 is 12.1 Å². The van der Waals surface area contributed by atoms with E-state index in [-0.39, 0.29) is 5.92 Å². The average molecular weight is 365 g/mol. The Morgan fingerprint density at radius 2 is 1.80 bits per heavy atom. The Labute approximate surface area is 148 Å². The topological polar surface area (TPSA) is 46.6 Å². The van der Waals surface area contributed by atoms with Gasteiger partial charge in [0.1, 0.15) is 12.5 Å². The molecule has 146 valence electrons. The summed E-state index contributed by atoms with van der Waals surface area (Å²) in [6, 6.07) is -0.505. The summed E-state index contributed by atoms with van der Waals surface area (Å²) in [6.07, 6.45) is -3.47. The molecule has 0 N–H and O–H groups in total. The lowest BCUT2D eigenvalue weighted by Crippen LogP contribution is -2.53. The van der Waals surface area contributed by atoms with Crippen molar-refractivity contribution in [1.29, 1.82) is 0 Å². The highest BCUT2D eigenvalue weighted by atomic mass is 19.4. The van der Waals surface area contributed by atoms with Gasteiger partial charge in [-0.15, -0.1) is 0 Å². The quantitative estimate of drug-likeness (QED) is 0.682. The maximum atomic E-state index is 12.7. The summed E-state index contributed by atoms with van der Waals surface area (Å²) in [5.41, 5.74) is -0.700. The van der Waals surface area contributed by atoms with Gasteiger partial charge in [-0.25, -0.2) is 0 Å². The van der Waals surface area contributed by atoms with Gasteiger partial charge in [-0.05, 0) is 52.9 Å². The van der Waals surface area contributed by atoms with Gasteiger partial charge in [0.15, 0.2) is 0 Å². The van der Waals surface area contributed by atoms with Crippen LogP contribution in [0, 0.1) is 11.3 Å². The van der Waals surface area contributed by atoms with Crippen LogP contribution < -0.4 is 0 Å². The van der Waals surface area contributed by atoms with E-state index in [2.05, 4.69) is 0 Å². The summed E-state index contributed by atoms with van der Waals surface area (Å²) >= 11 is 0. The highest BCUT2D eigenvalue weighted by Crippen LogP contribution is 2.31. The monoisotopic (exact) mass is 365 g/mol. The molecule has 0 aromatic carbocycles. The lowest BCUT2D eigenvalue weighted by Gasteiger charge is -2.42. The number of ether oxygens (including phenoxy) is 1. The number of piperidine rings is 1. The Bertz CT molecular complexity index is 471. The first-order chi connectivity index (χ1) is 11.3. The van der Waals surface area contributed by atoms with E-state index in [0.29, 0.717) is 13.0 Å². The number of carbonyl (C=O) groups is 2. The zero-order valence-corrected chi connectivity index (χ0v) is 15.8.